The van der Waals surface area contributed by atoms with Crippen molar-refractivity contribution in [1.29, 1.82) is 5.26 Å². The van der Waals surface area contributed by atoms with Crippen LogP contribution in [0.1, 0.15) is 36.6 Å². The van der Waals surface area contributed by atoms with Gasteiger partial charge in [0.15, 0.2) is 5.82 Å². The smallest absolute Gasteiger partial charge is 0.230 e. The molecule has 3 rings (SSSR count). The summed E-state index contributed by atoms with van der Waals surface area (Å²) in [6.45, 7) is 2.19. The first-order valence-corrected chi connectivity index (χ1v) is 7.38. The Bertz CT molecular complexity index is 801. The van der Waals surface area contributed by atoms with Gasteiger partial charge in [0.25, 0.3) is 0 Å². The van der Waals surface area contributed by atoms with E-state index in [1.165, 1.54) is 0 Å². The van der Waals surface area contributed by atoms with Crippen molar-refractivity contribution >= 4 is 23.5 Å². The van der Waals surface area contributed by atoms with Crippen LogP contribution in [-0.4, -0.2) is 29.0 Å². The van der Waals surface area contributed by atoms with E-state index in [0.29, 0.717) is 23.5 Å². The van der Waals surface area contributed by atoms with Gasteiger partial charge in [-0.25, -0.2) is 0 Å². The Kier molecular flexibility index (Phi) is 3.74. The molecule has 2 unspecified atom stereocenters. The first kappa shape index (κ1) is 15.0. The van der Waals surface area contributed by atoms with Gasteiger partial charge in [0.1, 0.15) is 23.2 Å². The Balaban J connectivity index is 1.93. The van der Waals surface area contributed by atoms with Crippen molar-refractivity contribution in [3.05, 3.63) is 29.5 Å². The largest absolute Gasteiger partial charge is 0.461 e. The number of aromatic nitrogens is 3. The third-order valence-electron chi connectivity index (χ3n) is 3.81. The van der Waals surface area contributed by atoms with E-state index in [2.05, 4.69) is 27.9 Å². The lowest BCUT2D eigenvalue weighted by atomic mass is 10.2. The normalized spacial score (nSPS) is 20.2. The van der Waals surface area contributed by atoms with Gasteiger partial charge in [0.2, 0.25) is 11.9 Å². The van der Waals surface area contributed by atoms with Crippen LogP contribution in [0.25, 0.3) is 11.6 Å². The molecule has 0 bridgehead atoms. The molecule has 1 saturated carbocycles. The predicted octanol–water partition coefficient (Wildman–Crippen LogP) is 2.30. The summed E-state index contributed by atoms with van der Waals surface area (Å²) in [6.07, 6.45) is 2.78. The average molecular weight is 310 g/mol. The number of furan rings is 1. The highest BCUT2D eigenvalue weighted by Gasteiger charge is 2.36. The molecule has 0 saturated heterocycles. The lowest BCUT2D eigenvalue weighted by Gasteiger charge is -2.10. The highest BCUT2D eigenvalue weighted by atomic mass is 16.3. The topological polar surface area (TPSA) is 105 Å². The van der Waals surface area contributed by atoms with Gasteiger partial charge in [0, 0.05) is 26.1 Å². The zero-order chi connectivity index (χ0) is 16.6. The van der Waals surface area contributed by atoms with Gasteiger partial charge in [0.05, 0.1) is 0 Å². The molecule has 1 fully saturated rings. The summed E-state index contributed by atoms with van der Waals surface area (Å²) < 4.78 is 5.80. The van der Waals surface area contributed by atoms with E-state index in [-0.39, 0.29) is 17.3 Å². The summed E-state index contributed by atoms with van der Waals surface area (Å²) in [5.74, 6) is 3.45. The SMILES string of the molecule is CC1CC1c1ccc(/C=C(\C#N)c2nc(N)nc(N(C)C)n2)o1. The van der Waals surface area contributed by atoms with Crippen molar-refractivity contribution in [2.45, 2.75) is 19.3 Å². The Morgan fingerprint density at radius 3 is 2.74 bits per heavy atom. The van der Waals surface area contributed by atoms with Crippen LogP contribution < -0.4 is 10.6 Å². The summed E-state index contributed by atoms with van der Waals surface area (Å²) >= 11 is 0. The zero-order valence-electron chi connectivity index (χ0n) is 13.3. The fourth-order valence-corrected chi connectivity index (χ4v) is 2.35. The second kappa shape index (κ2) is 5.72. The van der Waals surface area contributed by atoms with E-state index in [9.17, 15) is 5.26 Å². The molecule has 118 valence electrons. The number of allylic oxidation sites excluding steroid dienone is 1. The molecule has 2 N–H and O–H groups in total. The summed E-state index contributed by atoms with van der Waals surface area (Å²) in [6, 6.07) is 5.91. The Morgan fingerprint density at radius 1 is 1.39 bits per heavy atom. The van der Waals surface area contributed by atoms with Crippen molar-refractivity contribution in [3.8, 4) is 6.07 Å². The molecule has 23 heavy (non-hydrogen) atoms. The van der Waals surface area contributed by atoms with Crippen molar-refractivity contribution < 1.29 is 4.42 Å². The number of hydrogen-bond donors (Lipinski definition) is 1. The van der Waals surface area contributed by atoms with E-state index >= 15 is 0 Å². The van der Waals surface area contributed by atoms with Crippen LogP contribution >= 0.6 is 0 Å². The average Bonchev–Trinajstić information content (AvgIpc) is 3.06. The van der Waals surface area contributed by atoms with Crippen LogP contribution in [0.15, 0.2) is 16.5 Å². The van der Waals surface area contributed by atoms with Gasteiger partial charge >= 0.3 is 0 Å². The van der Waals surface area contributed by atoms with Gasteiger partial charge in [-0.15, -0.1) is 0 Å². The molecule has 2 atom stereocenters. The van der Waals surface area contributed by atoms with Gasteiger partial charge < -0.3 is 15.1 Å². The predicted molar refractivity (Wildman–Crippen MR) is 87.3 cm³/mol. The summed E-state index contributed by atoms with van der Waals surface area (Å²) in [7, 11) is 3.59. The standard InChI is InChI=1S/C16H18N6O/c1-9-6-12(9)13-5-4-11(23-13)7-10(8-17)14-19-15(18)21-16(20-14)22(2)3/h4-5,7,9,12H,6H2,1-3H3,(H2,18,19,20,21)/b10-7+. The zero-order valence-corrected chi connectivity index (χ0v) is 13.3. The number of nitrogens with two attached hydrogens (primary N) is 1. The summed E-state index contributed by atoms with van der Waals surface area (Å²) in [4.78, 5) is 14.0. The monoisotopic (exact) mass is 310 g/mol. The Hall–Kier alpha value is -2.88. The molecule has 0 amide bonds. The second-order valence-corrected chi connectivity index (χ2v) is 5.94. The van der Waals surface area contributed by atoms with E-state index in [4.69, 9.17) is 10.2 Å². The van der Waals surface area contributed by atoms with E-state index in [1.807, 2.05) is 12.1 Å². The quantitative estimate of drug-likeness (QED) is 0.864. The molecular formula is C16H18N6O. The maximum Gasteiger partial charge on any atom is 0.230 e. The maximum absolute atomic E-state index is 9.42. The second-order valence-electron chi connectivity index (χ2n) is 5.94. The summed E-state index contributed by atoms with van der Waals surface area (Å²) in [5.41, 5.74) is 5.99. The molecule has 2 aromatic rings. The van der Waals surface area contributed by atoms with Gasteiger partial charge in [-0.2, -0.15) is 20.2 Å². The molecule has 0 aromatic carbocycles. The van der Waals surface area contributed by atoms with Crippen molar-refractivity contribution in [1.82, 2.24) is 15.0 Å². The number of nitriles is 1. The number of rotatable bonds is 4. The van der Waals surface area contributed by atoms with Gasteiger partial charge in [-0.3, -0.25) is 0 Å². The van der Waals surface area contributed by atoms with Crippen LogP contribution in [-0.2, 0) is 0 Å². The number of nitrogen functional groups attached to an aromatic ring is 1. The molecule has 2 heterocycles. The van der Waals surface area contributed by atoms with Crippen LogP contribution in [0.5, 0.6) is 0 Å². The maximum atomic E-state index is 9.42. The third-order valence-corrected chi connectivity index (χ3v) is 3.81. The molecule has 7 nitrogen and oxygen atoms in total. The Morgan fingerprint density at radius 2 is 2.13 bits per heavy atom. The van der Waals surface area contributed by atoms with Gasteiger partial charge in [-0.05, 0) is 24.5 Å². The van der Waals surface area contributed by atoms with E-state index < -0.39 is 0 Å². The molecule has 1 aliphatic rings. The highest BCUT2D eigenvalue weighted by Crippen LogP contribution is 2.47. The fraction of sp³-hybridized carbons (Fsp3) is 0.375. The Labute approximate surface area is 134 Å². The van der Waals surface area contributed by atoms with Crippen molar-refractivity contribution in [3.63, 3.8) is 0 Å². The van der Waals surface area contributed by atoms with Crippen LogP contribution in [0.4, 0.5) is 11.9 Å². The van der Waals surface area contributed by atoms with E-state index in [1.54, 1.807) is 25.1 Å². The fourth-order valence-electron chi connectivity index (χ4n) is 2.35. The van der Waals surface area contributed by atoms with Crippen molar-refractivity contribution in [2.24, 2.45) is 5.92 Å². The van der Waals surface area contributed by atoms with Crippen LogP contribution in [0, 0.1) is 17.2 Å². The minimum absolute atomic E-state index is 0.0757. The minimum atomic E-state index is 0.0757. The minimum Gasteiger partial charge on any atom is -0.461 e. The van der Waals surface area contributed by atoms with Crippen molar-refractivity contribution in [2.75, 3.05) is 24.7 Å². The molecule has 0 aliphatic heterocycles. The number of hydrogen-bond acceptors (Lipinski definition) is 7. The van der Waals surface area contributed by atoms with Crippen LogP contribution in [0.2, 0.25) is 0 Å². The number of nitrogens with zero attached hydrogens (tertiary/aromatic N) is 5. The summed E-state index contributed by atoms with van der Waals surface area (Å²) in [5, 5.41) is 9.42. The molecule has 7 heteroatoms. The molecule has 0 radical (unpaired) electrons. The molecule has 2 aromatic heterocycles. The molecule has 0 spiro atoms. The first-order valence-electron chi connectivity index (χ1n) is 7.38. The lowest BCUT2D eigenvalue weighted by Crippen LogP contribution is -2.15. The first-order chi connectivity index (χ1) is 11.0. The lowest BCUT2D eigenvalue weighted by molar-refractivity contribution is 0.498. The molecule has 1 aliphatic carbocycles. The third kappa shape index (κ3) is 3.16. The van der Waals surface area contributed by atoms with Crippen LogP contribution in [0.3, 0.4) is 0 Å². The van der Waals surface area contributed by atoms with E-state index in [0.717, 1.165) is 12.2 Å². The molecular weight excluding hydrogens is 292 g/mol. The number of anilines is 2. The highest BCUT2D eigenvalue weighted by molar-refractivity contribution is 5.86. The van der Waals surface area contributed by atoms with Gasteiger partial charge in [-0.1, -0.05) is 6.92 Å².